The van der Waals surface area contributed by atoms with E-state index >= 15 is 0 Å². The van der Waals surface area contributed by atoms with Crippen LogP contribution in [0.2, 0.25) is 0 Å². The van der Waals surface area contributed by atoms with Gasteiger partial charge < -0.3 is 27.9 Å². The molecule has 2 aromatic carbocycles. The highest BCUT2D eigenvalue weighted by Crippen LogP contribution is 2.33. The number of benzene rings is 2. The maximum Gasteiger partial charge on any atom is 0.343 e. The number of carbonyl (C=O) groups is 2. The molecule has 2 heterocycles. The third-order valence-electron chi connectivity index (χ3n) is 5.86. The van der Waals surface area contributed by atoms with E-state index in [1.165, 1.54) is 20.4 Å². The van der Waals surface area contributed by atoms with Gasteiger partial charge in [0.15, 0.2) is 23.9 Å². The number of nitrogens with zero attached hydrogens (tertiary/aromatic N) is 2. The molecule has 0 bridgehead atoms. The quantitative estimate of drug-likeness (QED) is 0.138. The minimum absolute atomic E-state index is 0.0906. The van der Waals surface area contributed by atoms with E-state index in [2.05, 4.69) is 61.7 Å². The number of aromatic nitrogens is 1. The van der Waals surface area contributed by atoms with Crippen molar-refractivity contribution in [1.29, 1.82) is 0 Å². The molecule has 0 radical (unpaired) electrons. The molecular formula is C29H28BrN3O7. The number of hydrazone groups is 1. The Labute approximate surface area is 239 Å². The molecule has 208 valence electrons. The lowest BCUT2D eigenvalue weighted by Crippen LogP contribution is -2.17. The molecule has 1 amide bonds. The summed E-state index contributed by atoms with van der Waals surface area (Å²) in [5, 5.41) is 4.00. The van der Waals surface area contributed by atoms with Gasteiger partial charge in [-0.05, 0) is 90.4 Å². The van der Waals surface area contributed by atoms with Gasteiger partial charge in [0.25, 0.3) is 0 Å². The Morgan fingerprint density at radius 3 is 2.38 bits per heavy atom. The van der Waals surface area contributed by atoms with Crippen LogP contribution in [0.4, 0.5) is 0 Å². The van der Waals surface area contributed by atoms with Crippen LogP contribution < -0.4 is 19.6 Å². The molecule has 0 saturated carbocycles. The highest BCUT2D eigenvalue weighted by atomic mass is 79.9. The van der Waals surface area contributed by atoms with Crippen molar-refractivity contribution in [2.75, 3.05) is 20.8 Å². The fourth-order valence-electron chi connectivity index (χ4n) is 3.83. The standard InChI is InChI=1S/C29H28BrN3O7/c1-18-5-6-19(2)33(18)21-7-9-22(10-8-21)38-16-23-11-12-25(40-23)29(35)32-31-15-20-13-26(36-3)27(14-24(20)30)39-17-28(34)37-4/h5-15H,16-17H2,1-4H3,(H,32,35)/b31-15+. The Morgan fingerprint density at radius 1 is 0.975 bits per heavy atom. The van der Waals surface area contributed by atoms with Crippen LogP contribution in [0.5, 0.6) is 17.2 Å². The maximum absolute atomic E-state index is 12.5. The van der Waals surface area contributed by atoms with Crippen molar-refractivity contribution in [2.45, 2.75) is 20.5 Å². The van der Waals surface area contributed by atoms with Crippen molar-refractivity contribution < 1.29 is 33.0 Å². The average Bonchev–Trinajstić information content (AvgIpc) is 3.57. The molecule has 4 aromatic rings. The summed E-state index contributed by atoms with van der Waals surface area (Å²) in [5.41, 5.74) is 6.40. The van der Waals surface area contributed by atoms with Crippen LogP contribution in [0.15, 0.2) is 74.7 Å². The van der Waals surface area contributed by atoms with Gasteiger partial charge in [0.05, 0.1) is 20.4 Å². The lowest BCUT2D eigenvalue weighted by molar-refractivity contribution is -0.142. The average molecular weight is 610 g/mol. The first-order valence-electron chi connectivity index (χ1n) is 12.2. The van der Waals surface area contributed by atoms with Crippen LogP contribution in [0.3, 0.4) is 0 Å². The largest absolute Gasteiger partial charge is 0.493 e. The van der Waals surface area contributed by atoms with Crippen molar-refractivity contribution >= 4 is 34.0 Å². The van der Waals surface area contributed by atoms with E-state index in [9.17, 15) is 9.59 Å². The van der Waals surface area contributed by atoms with Gasteiger partial charge in [-0.2, -0.15) is 5.10 Å². The lowest BCUT2D eigenvalue weighted by atomic mass is 10.2. The number of hydrogen-bond acceptors (Lipinski definition) is 8. The van der Waals surface area contributed by atoms with Crippen molar-refractivity contribution in [2.24, 2.45) is 5.10 Å². The van der Waals surface area contributed by atoms with Gasteiger partial charge in [0, 0.05) is 27.1 Å². The van der Waals surface area contributed by atoms with Crippen molar-refractivity contribution in [1.82, 2.24) is 9.99 Å². The summed E-state index contributed by atoms with van der Waals surface area (Å²) in [4.78, 5) is 23.9. The van der Waals surface area contributed by atoms with Crippen LogP contribution in [0, 0.1) is 13.8 Å². The van der Waals surface area contributed by atoms with Crippen LogP contribution in [0.1, 0.15) is 33.3 Å². The number of nitrogens with one attached hydrogen (secondary N) is 1. The van der Waals surface area contributed by atoms with Gasteiger partial charge in [0.1, 0.15) is 18.1 Å². The topological polar surface area (TPSA) is 114 Å². The molecule has 0 saturated heterocycles. The monoisotopic (exact) mass is 609 g/mol. The van der Waals surface area contributed by atoms with Crippen LogP contribution in [-0.2, 0) is 16.1 Å². The van der Waals surface area contributed by atoms with Crippen molar-refractivity contribution in [3.05, 3.63) is 93.6 Å². The molecule has 10 nitrogen and oxygen atoms in total. The van der Waals surface area contributed by atoms with Gasteiger partial charge in [-0.1, -0.05) is 0 Å². The Balaban J connectivity index is 1.32. The first-order chi connectivity index (χ1) is 19.3. The number of ether oxygens (including phenoxy) is 4. The minimum atomic E-state index is -0.523. The summed E-state index contributed by atoms with van der Waals surface area (Å²) in [6.07, 6.45) is 1.43. The highest BCUT2D eigenvalue weighted by molar-refractivity contribution is 9.10. The Bertz CT molecular complexity index is 1500. The molecule has 40 heavy (non-hydrogen) atoms. The van der Waals surface area contributed by atoms with Crippen LogP contribution in [-0.4, -0.2) is 43.5 Å². The molecule has 0 fully saturated rings. The molecule has 0 aliphatic rings. The van der Waals surface area contributed by atoms with Gasteiger partial charge in [-0.15, -0.1) is 0 Å². The highest BCUT2D eigenvalue weighted by Gasteiger charge is 2.13. The molecule has 2 aromatic heterocycles. The molecule has 4 rings (SSSR count). The fourth-order valence-corrected chi connectivity index (χ4v) is 4.26. The number of methoxy groups -OCH3 is 2. The van der Waals surface area contributed by atoms with Crippen molar-refractivity contribution in [3.63, 3.8) is 0 Å². The number of halogens is 1. The van der Waals surface area contributed by atoms with E-state index in [4.69, 9.17) is 18.6 Å². The van der Waals surface area contributed by atoms with E-state index in [-0.39, 0.29) is 19.0 Å². The molecule has 0 aliphatic heterocycles. The van der Waals surface area contributed by atoms with E-state index < -0.39 is 11.9 Å². The van der Waals surface area contributed by atoms with Crippen LogP contribution in [0.25, 0.3) is 5.69 Å². The number of hydrogen-bond donors (Lipinski definition) is 1. The molecule has 11 heteroatoms. The molecule has 0 spiro atoms. The summed E-state index contributed by atoms with van der Waals surface area (Å²) < 4.78 is 29.5. The third kappa shape index (κ3) is 6.92. The molecule has 0 atom stereocenters. The first-order valence-corrected chi connectivity index (χ1v) is 13.0. The van der Waals surface area contributed by atoms with E-state index in [1.807, 2.05) is 24.3 Å². The zero-order valence-corrected chi connectivity index (χ0v) is 24.0. The lowest BCUT2D eigenvalue weighted by Gasteiger charge is -2.11. The summed E-state index contributed by atoms with van der Waals surface area (Å²) in [5.74, 6) is 0.935. The molecular weight excluding hydrogens is 582 g/mol. The van der Waals surface area contributed by atoms with E-state index in [0.717, 1.165) is 17.1 Å². The second-order valence-corrected chi connectivity index (χ2v) is 9.44. The maximum atomic E-state index is 12.5. The summed E-state index contributed by atoms with van der Waals surface area (Å²) >= 11 is 3.42. The zero-order chi connectivity index (χ0) is 28.6. The second-order valence-electron chi connectivity index (χ2n) is 8.59. The van der Waals surface area contributed by atoms with Gasteiger partial charge >= 0.3 is 11.9 Å². The number of esters is 1. The minimum Gasteiger partial charge on any atom is -0.493 e. The van der Waals surface area contributed by atoms with Gasteiger partial charge in [-0.3, -0.25) is 4.79 Å². The zero-order valence-electron chi connectivity index (χ0n) is 22.4. The summed E-state index contributed by atoms with van der Waals surface area (Å²) in [6.45, 7) is 4.02. The first kappa shape index (κ1) is 28.5. The predicted molar refractivity (Wildman–Crippen MR) is 152 cm³/mol. The predicted octanol–water partition coefficient (Wildman–Crippen LogP) is 5.35. The fraction of sp³-hybridized carbons (Fsp3) is 0.207. The van der Waals surface area contributed by atoms with E-state index in [0.29, 0.717) is 33.0 Å². The summed E-state index contributed by atoms with van der Waals surface area (Å²) in [6, 6.07) is 18.4. The molecule has 0 unspecified atom stereocenters. The number of amides is 1. The number of furan rings is 1. The van der Waals surface area contributed by atoms with Gasteiger partial charge in [-0.25, -0.2) is 10.2 Å². The Morgan fingerprint density at radius 2 is 1.70 bits per heavy atom. The molecule has 0 aliphatic carbocycles. The van der Waals surface area contributed by atoms with Crippen molar-refractivity contribution in [3.8, 4) is 22.9 Å². The molecule has 1 N–H and O–H groups in total. The number of carbonyl (C=O) groups excluding carboxylic acids is 2. The Kier molecular flexibility index (Phi) is 9.28. The Hall–Kier alpha value is -4.51. The number of rotatable bonds is 11. The summed E-state index contributed by atoms with van der Waals surface area (Å²) in [7, 11) is 2.74. The smallest absolute Gasteiger partial charge is 0.343 e. The third-order valence-corrected chi connectivity index (χ3v) is 6.55. The number of aryl methyl sites for hydroxylation is 2. The van der Waals surface area contributed by atoms with E-state index in [1.54, 1.807) is 24.3 Å². The SMILES string of the molecule is COC(=O)COc1cc(Br)c(/C=N/NC(=O)c2ccc(COc3ccc(-n4c(C)ccc4C)cc3)o2)cc1OC. The van der Waals surface area contributed by atoms with Crippen LogP contribution >= 0.6 is 15.9 Å². The normalized spacial score (nSPS) is 10.9. The second kappa shape index (κ2) is 13.0. The van der Waals surface area contributed by atoms with Gasteiger partial charge in [0.2, 0.25) is 0 Å².